The molecular formula is C14H14N2O3. The first-order valence-corrected chi connectivity index (χ1v) is 6.28. The first kappa shape index (κ1) is 11.8. The molecule has 0 amide bonds. The van der Waals surface area contributed by atoms with Crippen LogP contribution in [0.1, 0.15) is 29.8 Å². The second kappa shape index (κ2) is 4.76. The number of aromatic carboxylic acids is 1. The fraction of sp³-hybridized carbons (Fsp3) is 0.286. The summed E-state index contributed by atoms with van der Waals surface area (Å²) in [6.07, 6.45) is 3.76. The molecule has 2 N–H and O–H groups in total. The lowest BCUT2D eigenvalue weighted by Crippen LogP contribution is -2.24. The minimum atomic E-state index is -1.01. The average Bonchev–Trinajstić information content (AvgIpc) is 2.84. The highest BCUT2D eigenvalue weighted by molar-refractivity contribution is 5.86. The maximum atomic E-state index is 10.8. The molecule has 1 fully saturated rings. The van der Waals surface area contributed by atoms with E-state index in [2.05, 4.69) is 10.2 Å². The van der Waals surface area contributed by atoms with E-state index in [0.29, 0.717) is 11.8 Å². The SMILES string of the molecule is O=C(O)c1cc(-c2cccc(OC3CCC3)c2)n[nH]1. The van der Waals surface area contributed by atoms with Crippen LogP contribution >= 0.6 is 0 Å². The third-order valence-corrected chi connectivity index (χ3v) is 3.29. The average molecular weight is 258 g/mol. The van der Waals surface area contributed by atoms with Gasteiger partial charge in [0.05, 0.1) is 11.8 Å². The highest BCUT2D eigenvalue weighted by atomic mass is 16.5. The van der Waals surface area contributed by atoms with Gasteiger partial charge in [0.1, 0.15) is 11.4 Å². The van der Waals surface area contributed by atoms with Crippen molar-refractivity contribution in [3.05, 3.63) is 36.0 Å². The Bertz CT molecular complexity index is 602. The van der Waals surface area contributed by atoms with Crippen LogP contribution in [0.4, 0.5) is 0 Å². The zero-order chi connectivity index (χ0) is 13.2. The normalized spacial score (nSPS) is 14.9. The molecular weight excluding hydrogens is 244 g/mol. The molecule has 19 heavy (non-hydrogen) atoms. The van der Waals surface area contributed by atoms with Crippen LogP contribution in [0.15, 0.2) is 30.3 Å². The van der Waals surface area contributed by atoms with E-state index in [1.807, 2.05) is 24.3 Å². The smallest absolute Gasteiger partial charge is 0.353 e. The number of hydrogen-bond donors (Lipinski definition) is 2. The maximum Gasteiger partial charge on any atom is 0.353 e. The molecule has 2 aromatic rings. The van der Waals surface area contributed by atoms with E-state index >= 15 is 0 Å². The fourth-order valence-electron chi connectivity index (χ4n) is 1.99. The minimum absolute atomic E-state index is 0.0836. The lowest BCUT2D eigenvalue weighted by Gasteiger charge is -2.26. The Labute approximate surface area is 110 Å². The Hall–Kier alpha value is -2.30. The minimum Gasteiger partial charge on any atom is -0.490 e. The van der Waals surface area contributed by atoms with Crippen molar-refractivity contribution in [3.8, 4) is 17.0 Å². The standard InChI is InChI=1S/C14H14N2O3/c17-14(18)13-8-12(15-16-13)9-3-1-6-11(7-9)19-10-4-2-5-10/h1,3,6-8,10H,2,4-5H2,(H,15,16)(H,17,18). The summed E-state index contributed by atoms with van der Waals surface area (Å²) in [7, 11) is 0. The van der Waals surface area contributed by atoms with Crippen molar-refractivity contribution >= 4 is 5.97 Å². The second-order valence-electron chi connectivity index (χ2n) is 4.67. The van der Waals surface area contributed by atoms with Gasteiger partial charge in [0.25, 0.3) is 0 Å². The van der Waals surface area contributed by atoms with E-state index in [9.17, 15) is 4.79 Å². The summed E-state index contributed by atoms with van der Waals surface area (Å²) < 4.78 is 5.81. The van der Waals surface area contributed by atoms with E-state index in [1.54, 1.807) is 0 Å². The number of aromatic amines is 1. The molecule has 1 saturated carbocycles. The van der Waals surface area contributed by atoms with Gasteiger partial charge in [-0.1, -0.05) is 12.1 Å². The predicted octanol–water partition coefficient (Wildman–Crippen LogP) is 2.71. The number of benzene rings is 1. The third-order valence-electron chi connectivity index (χ3n) is 3.29. The summed E-state index contributed by atoms with van der Waals surface area (Å²) in [4.78, 5) is 10.8. The molecule has 1 aromatic carbocycles. The number of aromatic nitrogens is 2. The van der Waals surface area contributed by atoms with Gasteiger partial charge in [0.2, 0.25) is 0 Å². The molecule has 0 unspecified atom stereocenters. The molecule has 0 saturated heterocycles. The molecule has 5 heteroatoms. The molecule has 0 spiro atoms. The van der Waals surface area contributed by atoms with Gasteiger partial charge >= 0.3 is 5.97 Å². The van der Waals surface area contributed by atoms with Crippen molar-refractivity contribution in [3.63, 3.8) is 0 Å². The van der Waals surface area contributed by atoms with Crippen LogP contribution in [0.2, 0.25) is 0 Å². The van der Waals surface area contributed by atoms with Crippen LogP contribution in [0.5, 0.6) is 5.75 Å². The number of carboxylic acids is 1. The van der Waals surface area contributed by atoms with Crippen molar-refractivity contribution in [1.82, 2.24) is 10.2 Å². The summed E-state index contributed by atoms with van der Waals surface area (Å²) in [5.74, 6) is -0.206. The molecule has 98 valence electrons. The summed E-state index contributed by atoms with van der Waals surface area (Å²) in [5.41, 5.74) is 1.54. The lowest BCUT2D eigenvalue weighted by atomic mass is 9.96. The monoisotopic (exact) mass is 258 g/mol. The van der Waals surface area contributed by atoms with Gasteiger partial charge in [0, 0.05) is 5.56 Å². The summed E-state index contributed by atoms with van der Waals surface area (Å²) in [6.45, 7) is 0. The third kappa shape index (κ3) is 2.45. The zero-order valence-electron chi connectivity index (χ0n) is 10.3. The summed E-state index contributed by atoms with van der Waals surface area (Å²) >= 11 is 0. The van der Waals surface area contributed by atoms with Crippen molar-refractivity contribution in [1.29, 1.82) is 0 Å². The van der Waals surface area contributed by atoms with Gasteiger partial charge in [-0.15, -0.1) is 0 Å². The molecule has 0 radical (unpaired) electrons. The number of hydrogen-bond acceptors (Lipinski definition) is 3. The topological polar surface area (TPSA) is 75.2 Å². The molecule has 1 aliphatic rings. The molecule has 0 aliphatic heterocycles. The summed E-state index contributed by atoms with van der Waals surface area (Å²) in [6, 6.07) is 9.09. The quantitative estimate of drug-likeness (QED) is 0.884. The van der Waals surface area contributed by atoms with Crippen molar-refractivity contribution in [2.24, 2.45) is 0 Å². The van der Waals surface area contributed by atoms with Gasteiger partial charge in [-0.05, 0) is 37.5 Å². The van der Waals surface area contributed by atoms with Crippen molar-refractivity contribution in [2.75, 3.05) is 0 Å². The Morgan fingerprint density at radius 1 is 1.37 bits per heavy atom. The van der Waals surface area contributed by atoms with Gasteiger partial charge in [-0.25, -0.2) is 4.79 Å². The number of carbonyl (C=O) groups is 1. The van der Waals surface area contributed by atoms with Crippen LogP contribution in [0.3, 0.4) is 0 Å². The zero-order valence-corrected chi connectivity index (χ0v) is 10.3. The maximum absolute atomic E-state index is 10.8. The van der Waals surface area contributed by atoms with E-state index in [1.165, 1.54) is 12.5 Å². The molecule has 1 aliphatic carbocycles. The lowest BCUT2D eigenvalue weighted by molar-refractivity contribution is 0.0690. The highest BCUT2D eigenvalue weighted by Gasteiger charge is 2.19. The Morgan fingerprint density at radius 3 is 2.84 bits per heavy atom. The van der Waals surface area contributed by atoms with Gasteiger partial charge < -0.3 is 9.84 Å². The van der Waals surface area contributed by atoms with Gasteiger partial charge in [-0.2, -0.15) is 5.10 Å². The number of H-pyrrole nitrogens is 1. The fourth-order valence-corrected chi connectivity index (χ4v) is 1.99. The van der Waals surface area contributed by atoms with Crippen LogP contribution < -0.4 is 4.74 Å². The van der Waals surface area contributed by atoms with Crippen LogP contribution in [0, 0.1) is 0 Å². The first-order chi connectivity index (χ1) is 9.22. The molecule has 1 heterocycles. The van der Waals surface area contributed by atoms with Crippen molar-refractivity contribution in [2.45, 2.75) is 25.4 Å². The van der Waals surface area contributed by atoms with E-state index < -0.39 is 5.97 Å². The van der Waals surface area contributed by atoms with Crippen LogP contribution in [0.25, 0.3) is 11.3 Å². The van der Waals surface area contributed by atoms with E-state index in [0.717, 1.165) is 24.2 Å². The van der Waals surface area contributed by atoms with Crippen LogP contribution in [-0.2, 0) is 0 Å². The molecule has 0 atom stereocenters. The second-order valence-corrected chi connectivity index (χ2v) is 4.67. The molecule has 0 bridgehead atoms. The first-order valence-electron chi connectivity index (χ1n) is 6.28. The van der Waals surface area contributed by atoms with Gasteiger partial charge in [-0.3, -0.25) is 5.10 Å². The predicted molar refractivity (Wildman–Crippen MR) is 69.3 cm³/mol. The number of ether oxygens (including phenoxy) is 1. The Balaban J connectivity index is 1.82. The number of rotatable bonds is 4. The van der Waals surface area contributed by atoms with E-state index in [-0.39, 0.29) is 5.69 Å². The van der Waals surface area contributed by atoms with Crippen molar-refractivity contribution < 1.29 is 14.6 Å². The Kier molecular flexibility index (Phi) is 2.95. The van der Waals surface area contributed by atoms with E-state index in [4.69, 9.17) is 9.84 Å². The molecule has 3 rings (SSSR count). The van der Waals surface area contributed by atoms with Crippen LogP contribution in [-0.4, -0.2) is 27.4 Å². The molecule has 1 aromatic heterocycles. The largest absolute Gasteiger partial charge is 0.490 e. The highest BCUT2D eigenvalue weighted by Crippen LogP contribution is 2.28. The number of carboxylic acid groups (broad SMARTS) is 1. The molecule has 5 nitrogen and oxygen atoms in total. The summed E-state index contributed by atoms with van der Waals surface area (Å²) in [5, 5.41) is 15.4. The number of nitrogens with one attached hydrogen (secondary N) is 1. The van der Waals surface area contributed by atoms with Gasteiger partial charge in [0.15, 0.2) is 0 Å². The Morgan fingerprint density at radius 2 is 2.21 bits per heavy atom. The number of nitrogens with zero attached hydrogens (tertiary/aromatic N) is 1.